The average molecular weight is 337 g/mol. The van der Waals surface area contributed by atoms with Crippen molar-refractivity contribution in [3.63, 3.8) is 0 Å². The van der Waals surface area contributed by atoms with Gasteiger partial charge in [-0.2, -0.15) is 0 Å². The lowest BCUT2D eigenvalue weighted by molar-refractivity contribution is -0.132. The zero-order chi connectivity index (χ0) is 15.5. The molecule has 1 aliphatic rings. The number of rotatable bonds is 4. The molecule has 0 saturated carbocycles. The van der Waals surface area contributed by atoms with Crippen LogP contribution in [0.2, 0.25) is 5.02 Å². The second kappa shape index (κ2) is 6.97. The van der Waals surface area contributed by atoms with Crippen molar-refractivity contribution in [2.24, 2.45) is 0 Å². The molecular formula is C17H21ClN2OS. The minimum absolute atomic E-state index is 0.316. The van der Waals surface area contributed by atoms with Crippen molar-refractivity contribution in [2.45, 2.75) is 44.9 Å². The Hall–Kier alpha value is -1.13. The van der Waals surface area contributed by atoms with Crippen molar-refractivity contribution in [3.05, 3.63) is 28.2 Å². The van der Waals surface area contributed by atoms with E-state index in [0.29, 0.717) is 18.2 Å². The van der Waals surface area contributed by atoms with E-state index in [0.717, 1.165) is 49.3 Å². The molecule has 22 heavy (non-hydrogen) atoms. The van der Waals surface area contributed by atoms with Gasteiger partial charge in [0.25, 0.3) is 0 Å². The number of thiazole rings is 1. The molecule has 0 N–H and O–H groups in total. The molecule has 0 aliphatic carbocycles. The molecule has 1 fully saturated rings. The summed E-state index contributed by atoms with van der Waals surface area (Å²) in [5, 5.41) is 1.93. The first kappa shape index (κ1) is 15.8. The fourth-order valence-corrected chi connectivity index (χ4v) is 4.24. The number of benzene rings is 1. The maximum absolute atomic E-state index is 12.1. The predicted octanol–water partition coefficient (Wildman–Crippen LogP) is 4.85. The maximum Gasteiger partial charge on any atom is 0.222 e. The van der Waals surface area contributed by atoms with Crippen LogP contribution in [-0.4, -0.2) is 28.9 Å². The van der Waals surface area contributed by atoms with Gasteiger partial charge in [-0.3, -0.25) is 4.79 Å². The fourth-order valence-electron chi connectivity index (χ4n) is 2.95. The molecule has 0 atom stereocenters. The van der Waals surface area contributed by atoms with Gasteiger partial charge in [0.05, 0.1) is 15.2 Å². The topological polar surface area (TPSA) is 33.2 Å². The molecule has 3 nitrogen and oxygen atoms in total. The normalized spacial score (nSPS) is 16.4. The fraction of sp³-hybridized carbons (Fsp3) is 0.529. The standard InChI is InChI=1S/C17H21ClN2OS/c1-2-3-4-16(21)20-9-7-12(8-10-20)17-19-14-11-13(18)5-6-15(14)22-17/h5-6,11-12H,2-4,7-10H2,1H3. The number of nitrogens with zero attached hydrogens (tertiary/aromatic N) is 2. The van der Waals surface area contributed by atoms with Gasteiger partial charge in [0.2, 0.25) is 5.91 Å². The Morgan fingerprint density at radius 1 is 1.41 bits per heavy atom. The highest BCUT2D eigenvalue weighted by Crippen LogP contribution is 2.34. The lowest BCUT2D eigenvalue weighted by Gasteiger charge is -2.31. The zero-order valence-electron chi connectivity index (χ0n) is 12.8. The lowest BCUT2D eigenvalue weighted by Crippen LogP contribution is -2.37. The highest BCUT2D eigenvalue weighted by Gasteiger charge is 2.25. The summed E-state index contributed by atoms with van der Waals surface area (Å²) in [6, 6.07) is 5.89. The first-order chi connectivity index (χ1) is 10.7. The van der Waals surface area contributed by atoms with E-state index in [9.17, 15) is 4.79 Å². The molecule has 2 heterocycles. The quantitative estimate of drug-likeness (QED) is 0.799. The first-order valence-electron chi connectivity index (χ1n) is 8.01. The van der Waals surface area contributed by atoms with Crippen molar-refractivity contribution in [2.75, 3.05) is 13.1 Å². The van der Waals surface area contributed by atoms with Crippen LogP contribution >= 0.6 is 22.9 Å². The van der Waals surface area contributed by atoms with Crippen LogP contribution in [-0.2, 0) is 4.79 Å². The Labute approximate surface area is 140 Å². The Kier molecular flexibility index (Phi) is 4.99. The van der Waals surface area contributed by atoms with Gasteiger partial charge in [-0.25, -0.2) is 4.98 Å². The second-order valence-corrected chi connectivity index (χ2v) is 7.42. The molecule has 0 unspecified atom stereocenters. The van der Waals surface area contributed by atoms with Crippen LogP contribution in [0.4, 0.5) is 0 Å². The lowest BCUT2D eigenvalue weighted by atomic mass is 9.97. The van der Waals surface area contributed by atoms with E-state index in [-0.39, 0.29) is 0 Å². The van der Waals surface area contributed by atoms with Gasteiger partial charge in [-0.15, -0.1) is 11.3 Å². The summed E-state index contributed by atoms with van der Waals surface area (Å²) in [5.41, 5.74) is 0.994. The number of hydrogen-bond acceptors (Lipinski definition) is 3. The van der Waals surface area contributed by atoms with Gasteiger partial charge in [-0.05, 0) is 37.5 Å². The number of fused-ring (bicyclic) bond motifs is 1. The minimum atomic E-state index is 0.316. The highest BCUT2D eigenvalue weighted by molar-refractivity contribution is 7.18. The van der Waals surface area contributed by atoms with Crippen molar-refractivity contribution in [3.8, 4) is 0 Å². The summed E-state index contributed by atoms with van der Waals surface area (Å²) >= 11 is 7.79. The maximum atomic E-state index is 12.1. The Bertz CT molecular complexity index is 662. The number of aromatic nitrogens is 1. The van der Waals surface area contributed by atoms with Gasteiger partial charge in [0.15, 0.2) is 0 Å². The van der Waals surface area contributed by atoms with Crippen LogP contribution < -0.4 is 0 Å². The number of unbranched alkanes of at least 4 members (excludes halogenated alkanes) is 1. The van der Waals surface area contributed by atoms with E-state index in [1.807, 2.05) is 23.1 Å². The molecule has 1 aliphatic heterocycles. The van der Waals surface area contributed by atoms with Gasteiger partial charge < -0.3 is 4.90 Å². The molecule has 0 spiro atoms. The summed E-state index contributed by atoms with van der Waals surface area (Å²) in [6.07, 6.45) is 4.81. The molecule has 5 heteroatoms. The zero-order valence-corrected chi connectivity index (χ0v) is 14.4. The van der Waals surface area contributed by atoms with Crippen molar-refractivity contribution in [1.29, 1.82) is 0 Å². The molecule has 118 valence electrons. The number of amides is 1. The van der Waals surface area contributed by atoms with Crippen molar-refractivity contribution < 1.29 is 4.79 Å². The Morgan fingerprint density at radius 2 is 2.18 bits per heavy atom. The van der Waals surface area contributed by atoms with Crippen LogP contribution in [0.15, 0.2) is 18.2 Å². The summed E-state index contributed by atoms with van der Waals surface area (Å²) in [6.45, 7) is 3.85. The Balaban J connectivity index is 1.64. The van der Waals surface area contributed by atoms with Crippen LogP contribution in [0, 0.1) is 0 Å². The first-order valence-corrected chi connectivity index (χ1v) is 9.20. The average Bonchev–Trinajstić information content (AvgIpc) is 2.95. The number of piperidine rings is 1. The molecule has 0 radical (unpaired) electrons. The Morgan fingerprint density at radius 3 is 2.91 bits per heavy atom. The minimum Gasteiger partial charge on any atom is -0.343 e. The summed E-state index contributed by atoms with van der Waals surface area (Å²) in [7, 11) is 0. The molecular weight excluding hydrogens is 316 g/mol. The van der Waals surface area contributed by atoms with E-state index in [2.05, 4.69) is 6.92 Å². The van der Waals surface area contributed by atoms with Gasteiger partial charge in [0.1, 0.15) is 0 Å². The molecule has 1 saturated heterocycles. The van der Waals surface area contributed by atoms with Crippen LogP contribution in [0.25, 0.3) is 10.2 Å². The summed E-state index contributed by atoms with van der Waals surface area (Å²) in [5.74, 6) is 0.794. The third kappa shape index (κ3) is 3.44. The van der Waals surface area contributed by atoms with E-state index < -0.39 is 0 Å². The number of carbonyl (C=O) groups excluding carboxylic acids is 1. The van der Waals surface area contributed by atoms with E-state index in [1.165, 1.54) is 9.71 Å². The number of hydrogen-bond donors (Lipinski definition) is 0. The highest BCUT2D eigenvalue weighted by atomic mass is 35.5. The number of halogens is 1. The molecule has 0 bridgehead atoms. The largest absolute Gasteiger partial charge is 0.343 e. The molecule has 1 amide bonds. The van der Waals surface area contributed by atoms with E-state index in [4.69, 9.17) is 16.6 Å². The summed E-state index contributed by atoms with van der Waals surface area (Å²) in [4.78, 5) is 18.8. The molecule has 2 aromatic rings. The van der Waals surface area contributed by atoms with Gasteiger partial charge >= 0.3 is 0 Å². The monoisotopic (exact) mass is 336 g/mol. The van der Waals surface area contributed by atoms with Crippen LogP contribution in [0.1, 0.15) is 50.0 Å². The van der Waals surface area contributed by atoms with E-state index >= 15 is 0 Å². The predicted molar refractivity (Wildman–Crippen MR) is 92.7 cm³/mol. The van der Waals surface area contributed by atoms with Gasteiger partial charge in [-0.1, -0.05) is 24.9 Å². The van der Waals surface area contributed by atoms with E-state index in [1.54, 1.807) is 11.3 Å². The second-order valence-electron chi connectivity index (χ2n) is 5.92. The SMILES string of the molecule is CCCCC(=O)N1CCC(c2nc3cc(Cl)ccc3s2)CC1. The molecule has 3 rings (SSSR count). The number of carbonyl (C=O) groups is 1. The smallest absolute Gasteiger partial charge is 0.222 e. The third-order valence-electron chi connectivity index (χ3n) is 4.31. The summed E-state index contributed by atoms with van der Waals surface area (Å²) < 4.78 is 1.20. The third-order valence-corrected chi connectivity index (χ3v) is 5.74. The molecule has 1 aromatic carbocycles. The van der Waals surface area contributed by atoms with Crippen LogP contribution in [0.5, 0.6) is 0 Å². The number of likely N-dealkylation sites (tertiary alicyclic amines) is 1. The van der Waals surface area contributed by atoms with Crippen molar-refractivity contribution in [1.82, 2.24) is 9.88 Å². The van der Waals surface area contributed by atoms with Gasteiger partial charge in [0, 0.05) is 30.5 Å². The van der Waals surface area contributed by atoms with Crippen molar-refractivity contribution >= 4 is 39.1 Å². The molecule has 1 aromatic heterocycles. The van der Waals surface area contributed by atoms with Crippen LogP contribution in [0.3, 0.4) is 0 Å².